The molecule has 7 heteroatoms. The van der Waals surface area contributed by atoms with Crippen molar-refractivity contribution in [1.82, 2.24) is 4.90 Å². The standard InChI is InChI=1S/C19H18F3NO3/c20-19(21,22)16-7-3-1-5-13(16)11-23-10-9-14(12-23)26-17-8-4-2-6-15(17)18(24)25/h1-8,14H,9-12H2,(H,24,25). The number of para-hydroxylation sites is 1. The molecule has 1 fully saturated rings. The Hall–Kier alpha value is -2.54. The maximum absolute atomic E-state index is 13.1. The van der Waals surface area contributed by atoms with E-state index >= 15 is 0 Å². The lowest BCUT2D eigenvalue weighted by Gasteiger charge is -2.20. The molecule has 2 aromatic carbocycles. The van der Waals surface area contributed by atoms with E-state index in [0.29, 0.717) is 19.5 Å². The Bertz CT molecular complexity index is 792. The summed E-state index contributed by atoms with van der Waals surface area (Å²) in [6.07, 6.45) is -4.01. The Balaban J connectivity index is 1.67. The first-order chi connectivity index (χ1) is 12.3. The van der Waals surface area contributed by atoms with Gasteiger partial charge >= 0.3 is 12.1 Å². The zero-order chi connectivity index (χ0) is 18.7. The molecule has 1 heterocycles. The summed E-state index contributed by atoms with van der Waals surface area (Å²) in [5.74, 6) is -0.794. The maximum Gasteiger partial charge on any atom is 0.416 e. The second kappa shape index (κ2) is 7.37. The van der Waals surface area contributed by atoms with E-state index in [2.05, 4.69) is 0 Å². The molecule has 138 valence electrons. The van der Waals surface area contributed by atoms with Crippen LogP contribution in [0.25, 0.3) is 0 Å². The number of carbonyl (C=O) groups is 1. The number of halogens is 3. The van der Waals surface area contributed by atoms with Gasteiger partial charge in [0.25, 0.3) is 0 Å². The van der Waals surface area contributed by atoms with Crippen molar-refractivity contribution in [3.63, 3.8) is 0 Å². The van der Waals surface area contributed by atoms with E-state index in [1.165, 1.54) is 18.2 Å². The van der Waals surface area contributed by atoms with Gasteiger partial charge in [-0.05, 0) is 30.2 Å². The summed E-state index contributed by atoms with van der Waals surface area (Å²) >= 11 is 0. The fourth-order valence-electron chi connectivity index (χ4n) is 3.14. The predicted octanol–water partition coefficient (Wildman–Crippen LogP) is 4.06. The topological polar surface area (TPSA) is 49.8 Å². The SMILES string of the molecule is O=C(O)c1ccccc1OC1CCN(Cc2ccccc2C(F)(F)F)C1. The fraction of sp³-hybridized carbons (Fsp3) is 0.316. The third kappa shape index (κ3) is 4.16. The molecule has 0 aromatic heterocycles. The van der Waals surface area contributed by atoms with Crippen LogP contribution in [0.4, 0.5) is 13.2 Å². The van der Waals surface area contributed by atoms with Gasteiger partial charge in [0.15, 0.2) is 0 Å². The number of alkyl halides is 3. The number of carboxylic acids is 1. The lowest BCUT2D eigenvalue weighted by atomic mass is 10.1. The largest absolute Gasteiger partial charge is 0.488 e. The Morgan fingerprint density at radius 1 is 1.15 bits per heavy atom. The molecule has 1 atom stereocenters. The average molecular weight is 365 g/mol. The predicted molar refractivity (Wildman–Crippen MR) is 89.2 cm³/mol. The van der Waals surface area contributed by atoms with Crippen molar-refractivity contribution in [1.29, 1.82) is 0 Å². The summed E-state index contributed by atoms with van der Waals surface area (Å²) in [7, 11) is 0. The molecule has 26 heavy (non-hydrogen) atoms. The van der Waals surface area contributed by atoms with E-state index in [-0.39, 0.29) is 29.5 Å². The van der Waals surface area contributed by atoms with Crippen LogP contribution in [-0.4, -0.2) is 35.2 Å². The van der Waals surface area contributed by atoms with Crippen molar-refractivity contribution in [2.75, 3.05) is 13.1 Å². The number of ether oxygens (including phenoxy) is 1. The molecular weight excluding hydrogens is 347 g/mol. The van der Waals surface area contributed by atoms with Gasteiger partial charge in [0.05, 0.1) is 5.56 Å². The molecule has 2 aromatic rings. The molecule has 0 aliphatic carbocycles. The molecule has 1 N–H and O–H groups in total. The molecule has 0 saturated carbocycles. The lowest BCUT2D eigenvalue weighted by molar-refractivity contribution is -0.138. The first kappa shape index (κ1) is 18.3. The van der Waals surface area contributed by atoms with Crippen LogP contribution in [0, 0.1) is 0 Å². The van der Waals surface area contributed by atoms with Gasteiger partial charge in [-0.1, -0.05) is 30.3 Å². The molecule has 3 rings (SSSR count). The third-order valence-corrected chi connectivity index (χ3v) is 4.36. The molecule has 1 aliphatic heterocycles. The smallest absolute Gasteiger partial charge is 0.416 e. The lowest BCUT2D eigenvalue weighted by Crippen LogP contribution is -2.26. The number of nitrogens with zero attached hydrogens (tertiary/aromatic N) is 1. The zero-order valence-corrected chi connectivity index (χ0v) is 13.9. The summed E-state index contributed by atoms with van der Waals surface area (Å²) < 4.78 is 45.1. The monoisotopic (exact) mass is 365 g/mol. The van der Waals surface area contributed by atoms with E-state index in [1.807, 2.05) is 4.90 Å². The highest BCUT2D eigenvalue weighted by Gasteiger charge is 2.34. The molecular formula is C19H18F3NO3. The summed E-state index contributed by atoms with van der Waals surface area (Å²) in [6, 6.07) is 11.9. The minimum Gasteiger partial charge on any atom is -0.488 e. The zero-order valence-electron chi connectivity index (χ0n) is 13.9. The van der Waals surface area contributed by atoms with Crippen LogP contribution in [0.3, 0.4) is 0 Å². The fourth-order valence-corrected chi connectivity index (χ4v) is 3.14. The molecule has 1 unspecified atom stereocenters. The molecule has 0 radical (unpaired) electrons. The summed E-state index contributed by atoms with van der Waals surface area (Å²) in [5, 5.41) is 9.20. The van der Waals surface area contributed by atoms with E-state index < -0.39 is 17.7 Å². The number of benzene rings is 2. The van der Waals surface area contributed by atoms with Crippen molar-refractivity contribution in [2.24, 2.45) is 0 Å². The summed E-state index contributed by atoms with van der Waals surface area (Å²) in [4.78, 5) is 13.1. The highest BCUT2D eigenvalue weighted by Crippen LogP contribution is 2.33. The van der Waals surface area contributed by atoms with Crippen molar-refractivity contribution < 1.29 is 27.8 Å². The Kier molecular flexibility index (Phi) is 5.18. The van der Waals surface area contributed by atoms with Gasteiger partial charge in [0, 0.05) is 19.6 Å². The molecule has 4 nitrogen and oxygen atoms in total. The summed E-state index contributed by atoms with van der Waals surface area (Å²) in [5.41, 5.74) is -0.319. The second-order valence-corrected chi connectivity index (χ2v) is 6.22. The van der Waals surface area contributed by atoms with E-state index in [1.54, 1.807) is 24.3 Å². The Morgan fingerprint density at radius 3 is 2.58 bits per heavy atom. The molecule has 0 bridgehead atoms. The van der Waals surface area contributed by atoms with Crippen LogP contribution < -0.4 is 4.74 Å². The normalized spacial score (nSPS) is 18.0. The average Bonchev–Trinajstić information content (AvgIpc) is 3.01. The molecule has 1 saturated heterocycles. The number of hydrogen-bond donors (Lipinski definition) is 1. The molecule has 0 spiro atoms. The van der Waals surface area contributed by atoms with Crippen LogP contribution in [0.2, 0.25) is 0 Å². The van der Waals surface area contributed by atoms with Gasteiger partial charge in [0.2, 0.25) is 0 Å². The van der Waals surface area contributed by atoms with Gasteiger partial charge in [-0.3, -0.25) is 4.90 Å². The minimum atomic E-state index is -4.38. The third-order valence-electron chi connectivity index (χ3n) is 4.36. The maximum atomic E-state index is 13.1. The second-order valence-electron chi connectivity index (χ2n) is 6.22. The van der Waals surface area contributed by atoms with Crippen molar-refractivity contribution in [2.45, 2.75) is 25.2 Å². The van der Waals surface area contributed by atoms with Gasteiger partial charge < -0.3 is 9.84 Å². The van der Waals surface area contributed by atoms with E-state index in [0.717, 1.165) is 6.07 Å². The number of hydrogen-bond acceptors (Lipinski definition) is 3. The first-order valence-corrected chi connectivity index (χ1v) is 8.21. The number of rotatable bonds is 5. The van der Waals surface area contributed by atoms with E-state index in [9.17, 15) is 23.1 Å². The number of aromatic carboxylic acids is 1. The van der Waals surface area contributed by atoms with Crippen LogP contribution in [0.5, 0.6) is 5.75 Å². The van der Waals surface area contributed by atoms with Crippen molar-refractivity contribution in [3.8, 4) is 5.75 Å². The molecule has 0 amide bonds. The van der Waals surface area contributed by atoms with Crippen LogP contribution in [-0.2, 0) is 12.7 Å². The van der Waals surface area contributed by atoms with Crippen LogP contribution >= 0.6 is 0 Å². The van der Waals surface area contributed by atoms with Crippen molar-refractivity contribution >= 4 is 5.97 Å². The minimum absolute atomic E-state index is 0.0772. The number of carboxylic acid groups (broad SMARTS) is 1. The van der Waals surface area contributed by atoms with E-state index in [4.69, 9.17) is 4.74 Å². The Morgan fingerprint density at radius 2 is 1.85 bits per heavy atom. The first-order valence-electron chi connectivity index (χ1n) is 8.21. The highest BCUT2D eigenvalue weighted by atomic mass is 19.4. The molecule has 1 aliphatic rings. The van der Waals surface area contributed by atoms with Gasteiger partial charge in [0.1, 0.15) is 17.4 Å². The Labute approximate surface area is 148 Å². The highest BCUT2D eigenvalue weighted by molar-refractivity contribution is 5.90. The van der Waals surface area contributed by atoms with Gasteiger partial charge in [-0.25, -0.2) is 4.79 Å². The van der Waals surface area contributed by atoms with Crippen LogP contribution in [0.15, 0.2) is 48.5 Å². The van der Waals surface area contributed by atoms with Gasteiger partial charge in [-0.2, -0.15) is 13.2 Å². The van der Waals surface area contributed by atoms with Gasteiger partial charge in [-0.15, -0.1) is 0 Å². The summed E-state index contributed by atoms with van der Waals surface area (Å²) in [6.45, 7) is 1.21. The van der Waals surface area contributed by atoms with Crippen molar-refractivity contribution in [3.05, 3.63) is 65.2 Å². The number of likely N-dealkylation sites (tertiary alicyclic amines) is 1. The quantitative estimate of drug-likeness (QED) is 0.868. The van der Waals surface area contributed by atoms with Crippen LogP contribution in [0.1, 0.15) is 27.9 Å².